The van der Waals surface area contributed by atoms with Gasteiger partial charge in [-0.2, -0.15) is 4.57 Å². The molecule has 3 heterocycles. The van der Waals surface area contributed by atoms with Crippen molar-refractivity contribution in [2.24, 2.45) is 7.05 Å². The lowest BCUT2D eigenvalue weighted by Crippen LogP contribution is -2.50. The Hall–Kier alpha value is -2.54. The molecule has 1 unspecified atom stereocenters. The Bertz CT molecular complexity index is 930. The van der Waals surface area contributed by atoms with Crippen LogP contribution < -0.4 is 9.30 Å². The Morgan fingerprint density at radius 2 is 1.97 bits per heavy atom. The number of carbonyl (C=O) groups is 2. The van der Waals surface area contributed by atoms with Crippen LogP contribution in [0.5, 0.6) is 5.75 Å². The predicted octanol–water partition coefficient (Wildman–Crippen LogP) is 3.11. The largest absolute Gasteiger partial charge is 0.489 e. The zero-order chi connectivity index (χ0) is 21.3. The van der Waals surface area contributed by atoms with Crippen molar-refractivity contribution < 1.29 is 23.6 Å². The molecule has 7 nitrogen and oxygen atoms in total. The number of imidazole rings is 1. The van der Waals surface area contributed by atoms with Gasteiger partial charge in [0.1, 0.15) is 24.2 Å². The molecule has 0 radical (unpaired) electrons. The zero-order valence-electron chi connectivity index (χ0n) is 17.3. The van der Waals surface area contributed by atoms with Crippen LogP contribution in [0.2, 0.25) is 5.02 Å². The minimum atomic E-state index is -0.271. The third kappa shape index (κ3) is 4.31. The Morgan fingerprint density at radius 1 is 1.23 bits per heavy atom. The van der Waals surface area contributed by atoms with Gasteiger partial charge >= 0.3 is 12.0 Å². The molecular formula is C22H27ClN3O4+. The van der Waals surface area contributed by atoms with Crippen LogP contribution in [-0.4, -0.2) is 46.3 Å². The monoisotopic (exact) mass is 432 g/mol. The second kappa shape index (κ2) is 8.68. The summed E-state index contributed by atoms with van der Waals surface area (Å²) in [6, 6.07) is 5.80. The number of rotatable bonds is 5. The fourth-order valence-corrected chi connectivity index (χ4v) is 4.79. The fourth-order valence-electron chi connectivity index (χ4n) is 4.54. The lowest BCUT2D eigenvalue weighted by molar-refractivity contribution is -0.670. The highest BCUT2D eigenvalue weighted by Gasteiger charge is 2.46. The number of nitrogens with zero attached hydrogens (tertiary/aromatic N) is 3. The molecule has 160 valence electrons. The predicted molar refractivity (Wildman–Crippen MR) is 110 cm³/mol. The van der Waals surface area contributed by atoms with Crippen molar-refractivity contribution in [1.29, 1.82) is 0 Å². The summed E-state index contributed by atoms with van der Waals surface area (Å²) in [6.45, 7) is 2.15. The molecule has 8 heteroatoms. The van der Waals surface area contributed by atoms with E-state index in [4.69, 9.17) is 21.1 Å². The Morgan fingerprint density at radius 3 is 2.57 bits per heavy atom. The van der Waals surface area contributed by atoms with Crippen molar-refractivity contribution in [2.75, 3.05) is 6.61 Å². The maximum atomic E-state index is 12.9. The molecule has 0 aliphatic carbocycles. The van der Waals surface area contributed by atoms with Gasteiger partial charge in [-0.05, 0) is 37.5 Å². The number of esters is 1. The number of hydrogen-bond donors (Lipinski definition) is 0. The number of piperidine rings is 1. The van der Waals surface area contributed by atoms with E-state index in [-0.39, 0.29) is 36.6 Å². The standard InChI is InChI=1S/C22H27ClN3O4/c1-3-29-21(27)11-15-4-7-20(19(23)10-15)30-18-12-16-5-6-17(13-18)26(16)22(28)25-9-8-24(2)14-25/h4,7-10,14,16-18H,3,5-6,11-13H2,1-2H3/q+1/t16-,17+,18?. The molecule has 0 spiro atoms. The van der Waals surface area contributed by atoms with Gasteiger partial charge in [-0.3, -0.25) is 9.69 Å². The van der Waals surface area contributed by atoms with Gasteiger partial charge in [0.15, 0.2) is 0 Å². The number of fused-ring (bicyclic) bond motifs is 2. The molecule has 1 amide bonds. The molecule has 2 fully saturated rings. The van der Waals surface area contributed by atoms with Gasteiger partial charge in [0.05, 0.1) is 25.1 Å². The van der Waals surface area contributed by atoms with Gasteiger partial charge < -0.3 is 9.47 Å². The summed E-state index contributed by atoms with van der Waals surface area (Å²) in [6.07, 6.45) is 9.22. The van der Waals surface area contributed by atoms with Gasteiger partial charge in [0, 0.05) is 24.9 Å². The third-order valence-electron chi connectivity index (χ3n) is 5.84. The summed E-state index contributed by atoms with van der Waals surface area (Å²) in [5.74, 6) is 0.345. The number of aromatic nitrogens is 2. The molecule has 30 heavy (non-hydrogen) atoms. The normalized spacial score (nSPS) is 22.8. The highest BCUT2D eigenvalue weighted by Crippen LogP contribution is 2.38. The van der Waals surface area contributed by atoms with Crippen molar-refractivity contribution in [3.63, 3.8) is 0 Å². The second-order valence-corrected chi connectivity index (χ2v) is 8.43. The minimum absolute atomic E-state index is 0.0146. The van der Waals surface area contributed by atoms with Crippen LogP contribution >= 0.6 is 11.6 Å². The SMILES string of the molecule is CCOC(=O)Cc1ccc(OC2C[C@H]3CC[C@@H](C2)N3C(=O)n2cc[n+](C)c2)c(Cl)c1. The molecule has 3 atom stereocenters. The topological polar surface area (TPSA) is 64.7 Å². The number of halogens is 1. The molecule has 0 N–H and O–H groups in total. The van der Waals surface area contributed by atoms with Crippen molar-refractivity contribution in [3.05, 3.63) is 47.5 Å². The smallest absolute Gasteiger partial charge is 0.416 e. The van der Waals surface area contributed by atoms with Crippen molar-refractivity contribution in [3.8, 4) is 5.75 Å². The Labute approximate surface area is 181 Å². The molecule has 4 rings (SSSR count). The number of aryl methyl sites for hydroxylation is 1. The van der Waals surface area contributed by atoms with Gasteiger partial charge in [0.25, 0.3) is 6.33 Å². The van der Waals surface area contributed by atoms with Crippen LogP contribution in [0, 0.1) is 0 Å². The van der Waals surface area contributed by atoms with Crippen LogP contribution in [0.1, 0.15) is 38.2 Å². The third-order valence-corrected chi connectivity index (χ3v) is 6.14. The first kappa shape index (κ1) is 20.7. The molecule has 2 bridgehead atoms. The molecule has 2 aromatic rings. The summed E-state index contributed by atoms with van der Waals surface area (Å²) in [5.41, 5.74) is 0.797. The Kier molecular flexibility index (Phi) is 5.99. The summed E-state index contributed by atoms with van der Waals surface area (Å²) in [4.78, 5) is 26.6. The van der Waals surface area contributed by atoms with Crippen LogP contribution in [0.15, 0.2) is 36.9 Å². The maximum Gasteiger partial charge on any atom is 0.416 e. The molecule has 1 aromatic heterocycles. The Balaban J connectivity index is 1.39. The van der Waals surface area contributed by atoms with Gasteiger partial charge in [-0.25, -0.2) is 9.36 Å². The molecule has 2 aliphatic rings. The summed E-state index contributed by atoms with van der Waals surface area (Å²) < 4.78 is 14.7. The summed E-state index contributed by atoms with van der Waals surface area (Å²) in [7, 11) is 1.90. The van der Waals surface area contributed by atoms with E-state index in [9.17, 15) is 9.59 Å². The number of hydrogen-bond acceptors (Lipinski definition) is 4. The second-order valence-electron chi connectivity index (χ2n) is 8.02. The van der Waals surface area contributed by atoms with E-state index in [1.807, 2.05) is 34.8 Å². The van der Waals surface area contributed by atoms with Crippen LogP contribution in [0.3, 0.4) is 0 Å². The van der Waals surface area contributed by atoms with Gasteiger partial charge in [-0.1, -0.05) is 17.7 Å². The molecular weight excluding hydrogens is 406 g/mol. The minimum Gasteiger partial charge on any atom is -0.489 e. The van der Waals surface area contributed by atoms with Gasteiger partial charge in [-0.15, -0.1) is 0 Å². The fraction of sp³-hybridized carbons (Fsp3) is 0.500. The summed E-state index contributed by atoms with van der Waals surface area (Å²) >= 11 is 6.41. The van der Waals surface area contributed by atoms with E-state index in [0.29, 0.717) is 17.4 Å². The van der Waals surface area contributed by atoms with Gasteiger partial charge in [0.2, 0.25) is 0 Å². The van der Waals surface area contributed by atoms with E-state index in [0.717, 1.165) is 31.2 Å². The highest BCUT2D eigenvalue weighted by atomic mass is 35.5. The first-order valence-electron chi connectivity index (χ1n) is 10.4. The molecule has 2 saturated heterocycles. The van der Waals surface area contributed by atoms with E-state index >= 15 is 0 Å². The molecule has 1 aromatic carbocycles. The van der Waals surface area contributed by atoms with E-state index < -0.39 is 0 Å². The number of ether oxygens (including phenoxy) is 2. The van der Waals surface area contributed by atoms with Crippen molar-refractivity contribution in [2.45, 2.75) is 57.2 Å². The zero-order valence-corrected chi connectivity index (χ0v) is 18.0. The number of amides is 1. The van der Waals surface area contributed by atoms with Crippen molar-refractivity contribution >= 4 is 23.6 Å². The number of carbonyl (C=O) groups excluding carboxylic acids is 2. The lowest BCUT2D eigenvalue weighted by atomic mass is 10.00. The van der Waals surface area contributed by atoms with E-state index in [1.165, 1.54) is 0 Å². The number of benzene rings is 1. The average Bonchev–Trinajstić information content (AvgIpc) is 3.24. The van der Waals surface area contributed by atoms with E-state index in [1.54, 1.807) is 30.1 Å². The van der Waals surface area contributed by atoms with Crippen LogP contribution in [0.25, 0.3) is 0 Å². The van der Waals surface area contributed by atoms with Crippen LogP contribution in [-0.2, 0) is 23.0 Å². The first-order chi connectivity index (χ1) is 14.4. The molecule has 0 saturated carbocycles. The summed E-state index contributed by atoms with van der Waals surface area (Å²) in [5, 5.41) is 0.488. The molecule has 2 aliphatic heterocycles. The van der Waals surface area contributed by atoms with Crippen LogP contribution in [0.4, 0.5) is 4.79 Å². The lowest BCUT2D eigenvalue weighted by Gasteiger charge is -2.37. The van der Waals surface area contributed by atoms with Crippen molar-refractivity contribution in [1.82, 2.24) is 9.47 Å². The average molecular weight is 433 g/mol. The first-order valence-corrected chi connectivity index (χ1v) is 10.8. The highest BCUT2D eigenvalue weighted by molar-refractivity contribution is 6.32. The quantitative estimate of drug-likeness (QED) is 0.538. The maximum absolute atomic E-state index is 12.9. The van der Waals surface area contributed by atoms with E-state index in [2.05, 4.69) is 0 Å².